The zero-order valence-corrected chi connectivity index (χ0v) is 7.24. The molecule has 0 saturated carbocycles. The molecule has 1 rings (SSSR count). The molecule has 0 radical (unpaired) electrons. The van der Waals surface area contributed by atoms with Crippen molar-refractivity contribution in [2.75, 3.05) is 0 Å². The molecule has 0 aliphatic rings. The number of nitrogens with one attached hydrogen (secondary N) is 1. The highest BCUT2D eigenvalue weighted by Gasteiger charge is 2.03. The molecule has 0 saturated heterocycles. The lowest BCUT2D eigenvalue weighted by Crippen LogP contribution is -2.16. The van der Waals surface area contributed by atoms with E-state index < -0.39 is 17.0 Å². The predicted octanol–water partition coefficient (Wildman–Crippen LogP) is 2.41. The highest BCUT2D eigenvalue weighted by molar-refractivity contribution is 6.62. The summed E-state index contributed by atoms with van der Waals surface area (Å²) in [6, 6.07) is 3.10. The van der Waals surface area contributed by atoms with Gasteiger partial charge in [-0.25, -0.2) is 8.78 Å². The number of hydrogen-bond donors (Lipinski definition) is 1. The van der Waals surface area contributed by atoms with Gasteiger partial charge in [0.1, 0.15) is 11.6 Å². The van der Waals surface area contributed by atoms with Gasteiger partial charge in [-0.15, -0.1) is 0 Å². The van der Waals surface area contributed by atoms with Crippen molar-refractivity contribution in [3.05, 3.63) is 35.4 Å². The van der Waals surface area contributed by atoms with Crippen LogP contribution in [0.5, 0.6) is 0 Å². The van der Waals surface area contributed by atoms with E-state index in [2.05, 4.69) is 5.32 Å². The summed E-state index contributed by atoms with van der Waals surface area (Å²) in [4.78, 5) is 10.3. The summed E-state index contributed by atoms with van der Waals surface area (Å²) < 4.78 is 25.3. The molecule has 1 amide bonds. The smallest absolute Gasteiger partial charge is 0.314 e. The number of amides is 1. The monoisotopic (exact) mass is 205 g/mol. The molecule has 0 bridgehead atoms. The van der Waals surface area contributed by atoms with Crippen LogP contribution in [0.15, 0.2) is 18.2 Å². The van der Waals surface area contributed by atoms with E-state index in [-0.39, 0.29) is 12.1 Å². The van der Waals surface area contributed by atoms with Gasteiger partial charge < -0.3 is 5.32 Å². The quantitative estimate of drug-likeness (QED) is 0.583. The fourth-order valence-electron chi connectivity index (χ4n) is 0.830. The molecular formula is C8H6ClF2NO. The summed E-state index contributed by atoms with van der Waals surface area (Å²) in [6.45, 7) is -0.0472. The summed E-state index contributed by atoms with van der Waals surface area (Å²) >= 11 is 4.96. The Labute approximate surface area is 78.5 Å². The number of halogens is 3. The van der Waals surface area contributed by atoms with E-state index in [1.54, 1.807) is 0 Å². The Morgan fingerprint density at radius 2 is 2.15 bits per heavy atom. The Hall–Kier alpha value is -1.16. The lowest BCUT2D eigenvalue weighted by Gasteiger charge is -2.02. The molecule has 0 aliphatic carbocycles. The first kappa shape index (κ1) is 9.92. The Balaban J connectivity index is 2.72. The molecule has 70 valence electrons. The van der Waals surface area contributed by atoms with Crippen LogP contribution in [0.25, 0.3) is 0 Å². The zero-order chi connectivity index (χ0) is 9.84. The van der Waals surface area contributed by atoms with Crippen molar-refractivity contribution in [2.24, 2.45) is 0 Å². The van der Waals surface area contributed by atoms with Crippen LogP contribution in [0.1, 0.15) is 5.56 Å². The van der Waals surface area contributed by atoms with Crippen molar-refractivity contribution >= 4 is 17.0 Å². The van der Waals surface area contributed by atoms with Crippen LogP contribution in [0.2, 0.25) is 0 Å². The van der Waals surface area contributed by atoms with Crippen LogP contribution in [0.4, 0.5) is 13.6 Å². The van der Waals surface area contributed by atoms with Crippen molar-refractivity contribution in [1.82, 2.24) is 5.32 Å². The molecule has 1 aromatic rings. The summed E-state index contributed by atoms with van der Waals surface area (Å²) in [5.74, 6) is -1.36. The molecule has 0 aromatic heterocycles. The molecule has 1 aromatic carbocycles. The molecule has 13 heavy (non-hydrogen) atoms. The second-order valence-electron chi connectivity index (χ2n) is 2.36. The second-order valence-corrected chi connectivity index (χ2v) is 2.71. The Morgan fingerprint density at radius 1 is 1.46 bits per heavy atom. The van der Waals surface area contributed by atoms with E-state index >= 15 is 0 Å². The maximum atomic E-state index is 12.9. The van der Waals surface area contributed by atoms with Crippen molar-refractivity contribution in [2.45, 2.75) is 6.54 Å². The molecule has 0 unspecified atom stereocenters. The lowest BCUT2D eigenvalue weighted by molar-refractivity contribution is 0.259. The number of benzene rings is 1. The standard InChI is InChI=1S/C8H6ClF2NO/c9-8(13)12-4-5-1-2-6(10)3-7(5)11/h1-3H,4H2,(H,12,13). The molecule has 0 heterocycles. The van der Waals surface area contributed by atoms with Crippen LogP contribution in [0.3, 0.4) is 0 Å². The highest BCUT2D eigenvalue weighted by Crippen LogP contribution is 2.08. The van der Waals surface area contributed by atoms with Crippen LogP contribution in [0, 0.1) is 11.6 Å². The van der Waals surface area contributed by atoms with Gasteiger partial charge in [0.05, 0.1) is 0 Å². The van der Waals surface area contributed by atoms with E-state index in [0.717, 1.165) is 12.1 Å². The molecule has 5 heteroatoms. The predicted molar refractivity (Wildman–Crippen MR) is 44.4 cm³/mol. The maximum absolute atomic E-state index is 12.9. The minimum atomic E-state index is -0.774. The fourth-order valence-corrected chi connectivity index (χ4v) is 0.897. The molecule has 0 fully saturated rings. The first-order valence-corrected chi connectivity index (χ1v) is 3.84. The topological polar surface area (TPSA) is 29.1 Å². The molecule has 0 atom stereocenters. The second kappa shape index (κ2) is 4.18. The summed E-state index contributed by atoms with van der Waals surface area (Å²) in [5, 5.41) is 1.41. The first-order valence-electron chi connectivity index (χ1n) is 3.47. The number of rotatable bonds is 2. The third-order valence-electron chi connectivity index (χ3n) is 1.43. The first-order chi connectivity index (χ1) is 6.09. The van der Waals surface area contributed by atoms with Gasteiger partial charge in [-0.2, -0.15) is 0 Å². The molecule has 0 spiro atoms. The fraction of sp³-hybridized carbons (Fsp3) is 0.125. The number of hydrogen-bond acceptors (Lipinski definition) is 1. The van der Waals surface area contributed by atoms with E-state index in [9.17, 15) is 13.6 Å². The van der Waals surface area contributed by atoms with Crippen molar-refractivity contribution < 1.29 is 13.6 Å². The number of carbonyl (C=O) groups excluding carboxylic acids is 1. The molecule has 1 N–H and O–H groups in total. The Bertz CT molecular complexity index is 330. The van der Waals surface area contributed by atoms with Crippen molar-refractivity contribution in [3.8, 4) is 0 Å². The van der Waals surface area contributed by atoms with Crippen LogP contribution >= 0.6 is 11.6 Å². The summed E-state index contributed by atoms with van der Waals surface area (Å²) in [5.41, 5.74) is 0.190. The maximum Gasteiger partial charge on any atom is 0.314 e. The van der Waals surface area contributed by atoms with Crippen molar-refractivity contribution in [3.63, 3.8) is 0 Å². The van der Waals surface area contributed by atoms with Crippen LogP contribution in [-0.2, 0) is 6.54 Å². The Kier molecular flexibility index (Phi) is 3.19. The van der Waals surface area contributed by atoms with Gasteiger partial charge in [0.25, 0.3) is 0 Å². The van der Waals surface area contributed by atoms with Crippen molar-refractivity contribution in [1.29, 1.82) is 0 Å². The van der Waals surface area contributed by atoms with Gasteiger partial charge in [0, 0.05) is 18.2 Å². The summed E-state index contributed by atoms with van der Waals surface area (Å²) in [7, 11) is 0. The van der Waals surface area contributed by atoms with E-state index in [4.69, 9.17) is 11.6 Å². The Morgan fingerprint density at radius 3 is 2.69 bits per heavy atom. The zero-order valence-electron chi connectivity index (χ0n) is 6.48. The molecule has 2 nitrogen and oxygen atoms in total. The van der Waals surface area contributed by atoms with E-state index in [0.29, 0.717) is 0 Å². The average molecular weight is 206 g/mol. The largest absolute Gasteiger partial charge is 0.338 e. The minimum Gasteiger partial charge on any atom is -0.338 e. The third-order valence-corrected chi connectivity index (χ3v) is 1.57. The van der Waals surface area contributed by atoms with Crippen LogP contribution in [-0.4, -0.2) is 5.37 Å². The van der Waals surface area contributed by atoms with Gasteiger partial charge in [0.2, 0.25) is 0 Å². The lowest BCUT2D eigenvalue weighted by atomic mass is 10.2. The minimum absolute atomic E-state index is 0.0472. The van der Waals surface area contributed by atoms with Gasteiger partial charge in [-0.05, 0) is 17.7 Å². The SMILES string of the molecule is O=C(Cl)NCc1ccc(F)cc1F. The number of carbonyl (C=O) groups is 1. The summed E-state index contributed by atoms with van der Waals surface area (Å²) in [6.07, 6.45) is 0. The molecular weight excluding hydrogens is 200 g/mol. The average Bonchev–Trinajstić information content (AvgIpc) is 2.02. The van der Waals surface area contributed by atoms with Gasteiger partial charge in [0.15, 0.2) is 0 Å². The third kappa shape index (κ3) is 2.99. The van der Waals surface area contributed by atoms with Crippen LogP contribution < -0.4 is 5.32 Å². The normalized spacial score (nSPS) is 9.77. The van der Waals surface area contributed by atoms with Gasteiger partial charge in [-0.1, -0.05) is 6.07 Å². The molecule has 0 aliphatic heterocycles. The highest BCUT2D eigenvalue weighted by atomic mass is 35.5. The van der Waals surface area contributed by atoms with E-state index in [1.165, 1.54) is 6.07 Å². The van der Waals surface area contributed by atoms with Gasteiger partial charge in [-0.3, -0.25) is 4.79 Å². The van der Waals surface area contributed by atoms with Gasteiger partial charge >= 0.3 is 5.37 Å². The van der Waals surface area contributed by atoms with E-state index in [1.807, 2.05) is 0 Å².